The number of halogens is 1. The quantitative estimate of drug-likeness (QED) is 0.553. The number of anilines is 2. The van der Waals surface area contributed by atoms with Gasteiger partial charge < -0.3 is 25.3 Å². The minimum Gasteiger partial charge on any atom is -0.390 e. The molecule has 4 bridgehead atoms. The highest BCUT2D eigenvalue weighted by Crippen LogP contribution is 2.55. The van der Waals surface area contributed by atoms with E-state index in [9.17, 15) is 19.4 Å². The lowest BCUT2D eigenvalue weighted by molar-refractivity contribution is -0.136. The monoisotopic (exact) mass is 522 g/mol. The molecule has 2 heterocycles. The summed E-state index contributed by atoms with van der Waals surface area (Å²) in [7, 11) is 0. The first-order chi connectivity index (χ1) is 18.0. The lowest BCUT2D eigenvalue weighted by Gasteiger charge is -2.58. The molecule has 0 radical (unpaired) electrons. The SMILES string of the molecule is C[C@@H]1CN(c2ccc(C(C)(C)O)c(F)c2)CCN1c1cccc(C(=O)N[C@H]2C3CC4CC2C[C@](O)(C4)C3)n1. The number of hydrogen-bond donors (Lipinski definition) is 3. The van der Waals surface area contributed by atoms with Crippen LogP contribution in [-0.2, 0) is 5.60 Å². The summed E-state index contributed by atoms with van der Waals surface area (Å²) in [5.74, 6) is 1.54. The highest BCUT2D eigenvalue weighted by Gasteiger charge is 2.55. The van der Waals surface area contributed by atoms with E-state index in [1.54, 1.807) is 26.0 Å². The van der Waals surface area contributed by atoms with Crippen LogP contribution in [0.1, 0.15) is 68.9 Å². The third-order valence-corrected chi connectivity index (χ3v) is 9.40. The number of benzene rings is 1. The van der Waals surface area contributed by atoms with Crippen molar-refractivity contribution in [1.29, 1.82) is 0 Å². The second-order valence-electron chi connectivity index (χ2n) is 12.8. The Labute approximate surface area is 224 Å². The molecule has 4 saturated carbocycles. The van der Waals surface area contributed by atoms with Gasteiger partial charge in [0.05, 0.1) is 11.2 Å². The number of aliphatic hydroxyl groups is 2. The third-order valence-electron chi connectivity index (χ3n) is 9.40. The second kappa shape index (κ2) is 9.19. The topological polar surface area (TPSA) is 88.9 Å². The first-order valence-corrected chi connectivity index (χ1v) is 14.0. The lowest BCUT2D eigenvalue weighted by Crippen LogP contribution is -2.61. The van der Waals surface area contributed by atoms with Gasteiger partial charge >= 0.3 is 0 Å². The number of pyridine rings is 1. The van der Waals surface area contributed by atoms with E-state index in [1.165, 1.54) is 6.07 Å². The predicted molar refractivity (Wildman–Crippen MR) is 145 cm³/mol. The van der Waals surface area contributed by atoms with Gasteiger partial charge in [-0.15, -0.1) is 0 Å². The minimum atomic E-state index is -1.23. The lowest BCUT2D eigenvalue weighted by atomic mass is 9.52. The number of piperazine rings is 1. The molecule has 3 N–H and O–H groups in total. The van der Waals surface area contributed by atoms with E-state index < -0.39 is 17.0 Å². The zero-order valence-corrected chi connectivity index (χ0v) is 22.5. The van der Waals surface area contributed by atoms with Crippen molar-refractivity contribution in [3.8, 4) is 0 Å². The van der Waals surface area contributed by atoms with Crippen LogP contribution in [-0.4, -0.2) is 58.4 Å². The van der Waals surface area contributed by atoms with Gasteiger partial charge in [-0.3, -0.25) is 4.79 Å². The normalized spacial score (nSPS) is 32.5. The summed E-state index contributed by atoms with van der Waals surface area (Å²) < 4.78 is 14.7. The van der Waals surface area contributed by atoms with Crippen molar-refractivity contribution in [3.63, 3.8) is 0 Å². The molecule has 2 aromatic rings. The molecule has 1 saturated heterocycles. The smallest absolute Gasteiger partial charge is 0.270 e. The second-order valence-corrected chi connectivity index (χ2v) is 12.8. The molecule has 5 fully saturated rings. The summed E-state index contributed by atoms with van der Waals surface area (Å²) in [4.78, 5) is 22.4. The van der Waals surface area contributed by atoms with Crippen molar-refractivity contribution >= 4 is 17.4 Å². The molecule has 5 aliphatic rings. The number of nitrogens with zero attached hydrogens (tertiary/aromatic N) is 3. The van der Waals surface area contributed by atoms with Gasteiger partial charge in [0.25, 0.3) is 5.91 Å². The maximum atomic E-state index is 14.7. The van der Waals surface area contributed by atoms with Gasteiger partial charge in [-0.05, 0) is 94.9 Å². The summed E-state index contributed by atoms with van der Waals surface area (Å²) in [5, 5.41) is 24.3. The Morgan fingerprint density at radius 1 is 1.13 bits per heavy atom. The molecule has 1 aromatic heterocycles. The fourth-order valence-corrected chi connectivity index (χ4v) is 7.88. The molecule has 7 rings (SSSR count). The van der Waals surface area contributed by atoms with Crippen LogP contribution in [0.15, 0.2) is 36.4 Å². The van der Waals surface area contributed by atoms with Crippen LogP contribution in [0.3, 0.4) is 0 Å². The molecular weight excluding hydrogens is 483 g/mol. The van der Waals surface area contributed by atoms with Crippen LogP contribution in [0, 0.1) is 23.6 Å². The molecule has 8 heteroatoms. The molecule has 4 aliphatic carbocycles. The van der Waals surface area contributed by atoms with Gasteiger partial charge in [0.15, 0.2) is 0 Å². The average Bonchev–Trinajstić information content (AvgIpc) is 2.84. The van der Waals surface area contributed by atoms with Crippen molar-refractivity contribution < 1.29 is 19.4 Å². The number of aromatic nitrogens is 1. The van der Waals surface area contributed by atoms with Gasteiger partial charge in [-0.2, -0.15) is 0 Å². The summed E-state index contributed by atoms with van der Waals surface area (Å²) in [6.45, 7) is 7.36. The number of rotatable bonds is 5. The Kier molecular flexibility index (Phi) is 6.18. The molecule has 1 aliphatic heterocycles. The minimum absolute atomic E-state index is 0.108. The Morgan fingerprint density at radius 2 is 1.87 bits per heavy atom. The van der Waals surface area contributed by atoms with Crippen molar-refractivity contribution in [2.45, 2.75) is 76.2 Å². The highest BCUT2D eigenvalue weighted by atomic mass is 19.1. The van der Waals surface area contributed by atoms with E-state index in [4.69, 9.17) is 4.98 Å². The number of carbonyl (C=O) groups excluding carboxylic acids is 1. The van der Waals surface area contributed by atoms with Crippen LogP contribution in [0.4, 0.5) is 15.9 Å². The Morgan fingerprint density at radius 3 is 2.50 bits per heavy atom. The summed E-state index contributed by atoms with van der Waals surface area (Å²) in [6, 6.07) is 10.9. The molecular formula is C30H39FN4O3. The number of hydrogen-bond acceptors (Lipinski definition) is 6. The number of amides is 1. The maximum absolute atomic E-state index is 14.7. The Hall–Kier alpha value is -2.71. The molecule has 1 aromatic carbocycles. The summed E-state index contributed by atoms with van der Waals surface area (Å²) in [6.07, 6.45) is 4.72. The predicted octanol–water partition coefficient (Wildman–Crippen LogP) is 3.83. The van der Waals surface area contributed by atoms with E-state index >= 15 is 0 Å². The zero-order valence-electron chi connectivity index (χ0n) is 22.5. The maximum Gasteiger partial charge on any atom is 0.270 e. The van der Waals surface area contributed by atoms with Gasteiger partial charge in [0.2, 0.25) is 0 Å². The molecule has 204 valence electrons. The van der Waals surface area contributed by atoms with Crippen LogP contribution >= 0.6 is 0 Å². The van der Waals surface area contributed by atoms with E-state index in [1.807, 2.05) is 18.2 Å². The fourth-order valence-electron chi connectivity index (χ4n) is 7.88. The molecule has 2 unspecified atom stereocenters. The largest absolute Gasteiger partial charge is 0.390 e. The fraction of sp³-hybridized carbons (Fsp3) is 0.600. The van der Waals surface area contributed by atoms with Crippen molar-refractivity contribution in [1.82, 2.24) is 10.3 Å². The molecule has 1 amide bonds. The summed E-state index contributed by atoms with van der Waals surface area (Å²) >= 11 is 0. The Balaban J connectivity index is 1.12. The molecule has 7 nitrogen and oxygen atoms in total. The van der Waals surface area contributed by atoms with Crippen LogP contribution < -0.4 is 15.1 Å². The average molecular weight is 523 g/mol. The van der Waals surface area contributed by atoms with E-state index in [-0.39, 0.29) is 23.6 Å². The molecule has 38 heavy (non-hydrogen) atoms. The van der Waals surface area contributed by atoms with Crippen LogP contribution in [0.5, 0.6) is 0 Å². The highest BCUT2D eigenvalue weighted by molar-refractivity contribution is 5.93. The van der Waals surface area contributed by atoms with E-state index in [0.29, 0.717) is 43.1 Å². The number of nitrogens with one attached hydrogen (secondary N) is 1. The van der Waals surface area contributed by atoms with Crippen molar-refractivity contribution in [2.75, 3.05) is 29.4 Å². The van der Waals surface area contributed by atoms with Crippen LogP contribution in [0.2, 0.25) is 0 Å². The Bertz CT molecular complexity index is 1210. The first kappa shape index (κ1) is 25.6. The standard InChI is InChI=1S/C30H39FN4O3/c1-18-17-34(22-7-8-23(24(31)13-22)29(2,3)37)9-10-35(18)26-6-4-5-25(32-26)28(36)33-27-20-11-19-12-21(27)16-30(38,14-19)15-20/h4-8,13,18-21,27,37-38H,9-12,14-17H2,1-3H3,(H,33,36)/t18-,19?,20?,21?,27-,30-/m1/s1. The number of carbonyl (C=O) groups is 1. The third kappa shape index (κ3) is 4.66. The van der Waals surface area contributed by atoms with E-state index in [2.05, 4.69) is 22.0 Å². The van der Waals surface area contributed by atoms with Gasteiger partial charge in [0.1, 0.15) is 17.3 Å². The van der Waals surface area contributed by atoms with Crippen LogP contribution in [0.25, 0.3) is 0 Å². The van der Waals surface area contributed by atoms with Crippen molar-refractivity contribution in [3.05, 3.63) is 53.5 Å². The summed E-state index contributed by atoms with van der Waals surface area (Å²) in [5.41, 5.74) is -0.236. The van der Waals surface area contributed by atoms with E-state index in [0.717, 1.165) is 43.6 Å². The van der Waals surface area contributed by atoms with Crippen molar-refractivity contribution in [2.24, 2.45) is 17.8 Å². The van der Waals surface area contributed by atoms with Gasteiger partial charge in [-0.25, -0.2) is 9.37 Å². The first-order valence-electron chi connectivity index (χ1n) is 14.0. The van der Waals surface area contributed by atoms with Gasteiger partial charge in [-0.1, -0.05) is 12.1 Å². The molecule has 0 spiro atoms. The van der Waals surface area contributed by atoms with Gasteiger partial charge in [0, 0.05) is 43.0 Å². The zero-order chi connectivity index (χ0) is 26.8. The molecule has 3 atom stereocenters.